The summed E-state index contributed by atoms with van der Waals surface area (Å²) >= 11 is 0. The molecule has 0 aliphatic heterocycles. The van der Waals surface area contributed by atoms with Gasteiger partial charge >= 0.3 is 0 Å². The number of anilines is 1. The Kier molecular flexibility index (Phi) is 2.76. The molecule has 0 radical (unpaired) electrons. The fourth-order valence-electron chi connectivity index (χ4n) is 1.95. The Bertz CT molecular complexity index is 828. The Hall–Kier alpha value is -3.02. The molecule has 0 saturated heterocycles. The molecular formula is C14H11N3O3. The van der Waals surface area contributed by atoms with Gasteiger partial charge in [0.05, 0.1) is 5.69 Å². The highest BCUT2D eigenvalue weighted by Crippen LogP contribution is 2.26. The van der Waals surface area contributed by atoms with Gasteiger partial charge in [-0.1, -0.05) is 6.07 Å². The average Bonchev–Trinajstić information content (AvgIpc) is 2.46. The average molecular weight is 269 g/mol. The molecule has 20 heavy (non-hydrogen) atoms. The maximum absolute atomic E-state index is 12.0. The van der Waals surface area contributed by atoms with Crippen LogP contribution < -0.4 is 11.0 Å². The monoisotopic (exact) mass is 269 g/mol. The van der Waals surface area contributed by atoms with Crippen molar-refractivity contribution in [3.63, 3.8) is 0 Å². The first-order chi connectivity index (χ1) is 9.65. The smallest absolute Gasteiger partial charge is 0.272 e. The lowest BCUT2D eigenvalue weighted by molar-refractivity contribution is 0.434. The molecule has 2 heterocycles. The van der Waals surface area contributed by atoms with E-state index in [1.165, 1.54) is 18.2 Å². The molecule has 0 bridgehead atoms. The minimum absolute atomic E-state index is 0.0157. The van der Waals surface area contributed by atoms with Crippen LogP contribution in [0.15, 0.2) is 53.6 Å². The number of hydrogen-bond acceptors (Lipinski definition) is 5. The van der Waals surface area contributed by atoms with E-state index in [0.29, 0.717) is 16.5 Å². The highest BCUT2D eigenvalue weighted by atomic mass is 16.3. The van der Waals surface area contributed by atoms with Crippen molar-refractivity contribution in [2.75, 3.05) is 5.43 Å². The van der Waals surface area contributed by atoms with E-state index in [-0.39, 0.29) is 11.6 Å². The zero-order valence-electron chi connectivity index (χ0n) is 10.3. The summed E-state index contributed by atoms with van der Waals surface area (Å²) in [5.74, 6) is -0.248. The van der Waals surface area contributed by atoms with Crippen molar-refractivity contribution >= 4 is 16.5 Å². The van der Waals surface area contributed by atoms with Crippen molar-refractivity contribution in [3.8, 4) is 11.6 Å². The van der Waals surface area contributed by atoms with Gasteiger partial charge in [0.25, 0.3) is 5.56 Å². The van der Waals surface area contributed by atoms with E-state index in [0.717, 1.165) is 4.68 Å². The molecule has 0 spiro atoms. The number of hydrogen-bond donors (Lipinski definition) is 3. The molecule has 3 N–H and O–H groups in total. The standard InChI is InChI=1S/C14H11N3O3/c18-11-2-1-9-7-13(19)17(14(20)12(9)8-11)16-10-3-5-15-6-4-10/h1-8,18,20H,(H,15,16). The molecule has 0 fully saturated rings. The molecule has 6 nitrogen and oxygen atoms in total. The highest BCUT2D eigenvalue weighted by Gasteiger charge is 2.09. The summed E-state index contributed by atoms with van der Waals surface area (Å²) in [7, 11) is 0. The Morgan fingerprint density at radius 2 is 1.80 bits per heavy atom. The first kappa shape index (κ1) is 12.0. The molecule has 3 rings (SSSR count). The van der Waals surface area contributed by atoms with Crippen LogP contribution in [0.5, 0.6) is 11.6 Å². The van der Waals surface area contributed by atoms with E-state index >= 15 is 0 Å². The molecule has 0 amide bonds. The maximum atomic E-state index is 12.0. The molecule has 0 saturated carbocycles. The molecule has 0 unspecified atom stereocenters. The van der Waals surface area contributed by atoms with E-state index in [1.807, 2.05) is 0 Å². The van der Waals surface area contributed by atoms with Crippen LogP contribution in [0.3, 0.4) is 0 Å². The van der Waals surface area contributed by atoms with Crippen LogP contribution in [0.25, 0.3) is 10.8 Å². The van der Waals surface area contributed by atoms with Gasteiger partial charge in [-0.05, 0) is 29.7 Å². The number of aromatic nitrogens is 2. The Labute approximate surface area is 113 Å². The zero-order chi connectivity index (χ0) is 14.1. The molecule has 0 aliphatic carbocycles. The minimum atomic E-state index is -0.405. The third-order valence-corrected chi connectivity index (χ3v) is 2.91. The summed E-state index contributed by atoms with van der Waals surface area (Å²) in [6.07, 6.45) is 3.13. The summed E-state index contributed by atoms with van der Waals surface area (Å²) in [6.45, 7) is 0. The molecular weight excluding hydrogens is 258 g/mol. The number of rotatable bonds is 2. The molecule has 0 atom stereocenters. The maximum Gasteiger partial charge on any atom is 0.272 e. The van der Waals surface area contributed by atoms with Gasteiger partial charge in [0.1, 0.15) is 5.75 Å². The van der Waals surface area contributed by atoms with Crippen LogP contribution in [0.2, 0.25) is 0 Å². The molecule has 6 heteroatoms. The van der Waals surface area contributed by atoms with Gasteiger partial charge in [-0.25, -0.2) is 0 Å². The first-order valence-corrected chi connectivity index (χ1v) is 5.90. The first-order valence-electron chi connectivity index (χ1n) is 5.90. The van der Waals surface area contributed by atoms with E-state index in [4.69, 9.17) is 0 Å². The van der Waals surface area contributed by atoms with E-state index in [1.54, 1.807) is 30.6 Å². The number of benzene rings is 1. The largest absolute Gasteiger partial charge is 0.508 e. The fourth-order valence-corrected chi connectivity index (χ4v) is 1.95. The lowest BCUT2D eigenvalue weighted by Gasteiger charge is -2.13. The lowest BCUT2D eigenvalue weighted by atomic mass is 10.1. The normalized spacial score (nSPS) is 10.6. The van der Waals surface area contributed by atoms with Crippen LogP contribution in [0.4, 0.5) is 5.69 Å². The summed E-state index contributed by atoms with van der Waals surface area (Å²) in [5.41, 5.74) is 2.99. The zero-order valence-corrected chi connectivity index (χ0v) is 10.3. The third-order valence-electron chi connectivity index (χ3n) is 2.91. The van der Waals surface area contributed by atoms with Gasteiger partial charge in [-0.2, -0.15) is 4.68 Å². The van der Waals surface area contributed by atoms with Crippen molar-refractivity contribution in [1.29, 1.82) is 0 Å². The molecule has 0 aliphatic rings. The number of fused-ring (bicyclic) bond motifs is 1. The molecule has 100 valence electrons. The predicted octanol–water partition coefficient (Wildman–Crippen LogP) is 1.68. The van der Waals surface area contributed by atoms with Gasteiger partial charge in [0.15, 0.2) is 0 Å². The minimum Gasteiger partial charge on any atom is -0.508 e. The number of pyridine rings is 2. The van der Waals surface area contributed by atoms with E-state index in [2.05, 4.69) is 10.4 Å². The predicted molar refractivity (Wildman–Crippen MR) is 74.8 cm³/mol. The lowest BCUT2D eigenvalue weighted by Crippen LogP contribution is -2.25. The third kappa shape index (κ3) is 2.03. The van der Waals surface area contributed by atoms with E-state index in [9.17, 15) is 15.0 Å². The number of nitrogens with one attached hydrogen (secondary N) is 1. The van der Waals surface area contributed by atoms with Gasteiger partial charge in [-0.15, -0.1) is 0 Å². The van der Waals surface area contributed by atoms with Gasteiger partial charge in [-0.3, -0.25) is 15.2 Å². The quantitative estimate of drug-likeness (QED) is 0.659. The Morgan fingerprint density at radius 1 is 1.05 bits per heavy atom. The van der Waals surface area contributed by atoms with E-state index < -0.39 is 5.56 Å². The van der Waals surface area contributed by atoms with Crippen molar-refractivity contribution in [3.05, 3.63) is 59.1 Å². The second-order valence-electron chi connectivity index (χ2n) is 4.26. The second-order valence-corrected chi connectivity index (χ2v) is 4.26. The summed E-state index contributed by atoms with van der Waals surface area (Å²) < 4.78 is 1.01. The summed E-state index contributed by atoms with van der Waals surface area (Å²) in [4.78, 5) is 15.9. The van der Waals surface area contributed by atoms with Gasteiger partial charge in [0, 0.05) is 23.8 Å². The van der Waals surface area contributed by atoms with Crippen molar-refractivity contribution < 1.29 is 10.2 Å². The SMILES string of the molecule is O=c1cc2ccc(O)cc2c(O)n1Nc1ccncc1. The van der Waals surface area contributed by atoms with Crippen molar-refractivity contribution in [1.82, 2.24) is 9.66 Å². The second kappa shape index (κ2) is 4.58. The number of aromatic hydroxyl groups is 2. The molecule has 1 aromatic carbocycles. The Morgan fingerprint density at radius 3 is 2.55 bits per heavy atom. The van der Waals surface area contributed by atoms with Crippen LogP contribution >= 0.6 is 0 Å². The number of phenolic OH excluding ortho intramolecular Hbond substituents is 1. The van der Waals surface area contributed by atoms with Gasteiger partial charge < -0.3 is 10.2 Å². The van der Waals surface area contributed by atoms with Crippen molar-refractivity contribution in [2.24, 2.45) is 0 Å². The van der Waals surface area contributed by atoms with Gasteiger partial charge in [0.2, 0.25) is 5.88 Å². The summed E-state index contributed by atoms with van der Waals surface area (Å²) in [5, 5.41) is 20.6. The fraction of sp³-hybridized carbons (Fsp3) is 0. The number of nitrogens with zero attached hydrogens (tertiary/aromatic N) is 2. The van der Waals surface area contributed by atoms with Crippen LogP contribution in [0.1, 0.15) is 0 Å². The number of phenols is 1. The molecule has 2 aromatic heterocycles. The van der Waals surface area contributed by atoms with Crippen LogP contribution in [0, 0.1) is 0 Å². The highest BCUT2D eigenvalue weighted by molar-refractivity contribution is 5.88. The Balaban J connectivity index is 2.18. The van der Waals surface area contributed by atoms with Crippen LogP contribution in [-0.4, -0.2) is 19.9 Å². The summed E-state index contributed by atoms with van der Waals surface area (Å²) in [6, 6.07) is 9.14. The topological polar surface area (TPSA) is 87.4 Å². The van der Waals surface area contributed by atoms with Crippen molar-refractivity contribution in [2.45, 2.75) is 0 Å². The molecule has 3 aromatic rings. The van der Waals surface area contributed by atoms with Crippen LogP contribution in [-0.2, 0) is 0 Å².